The molecule has 0 aliphatic heterocycles. The fourth-order valence-corrected chi connectivity index (χ4v) is 3.98. The maximum absolute atomic E-state index is 12.5. The Bertz CT molecular complexity index is 660. The molecule has 144 valence electrons. The molecule has 25 heavy (non-hydrogen) atoms. The Balaban J connectivity index is 0.00000576. The monoisotopic (exact) mass is 392 g/mol. The Hall–Kier alpha value is -1.31. The third-order valence-electron chi connectivity index (χ3n) is 3.90. The molecule has 2 N–H and O–H groups in total. The Morgan fingerprint density at radius 1 is 1.28 bits per heavy atom. The topological polar surface area (TPSA) is 89.7 Å². The Kier molecular flexibility index (Phi) is 8.91. The minimum absolute atomic E-state index is 0. The van der Waals surface area contributed by atoms with Gasteiger partial charge in [0.15, 0.2) is 9.84 Å². The summed E-state index contributed by atoms with van der Waals surface area (Å²) in [7, 11) is -0.346. The fourth-order valence-electron chi connectivity index (χ4n) is 2.44. The maximum Gasteiger partial charge on any atom is 0.226 e. The second kappa shape index (κ2) is 9.40. The van der Waals surface area contributed by atoms with Crippen LogP contribution in [0, 0.1) is 11.3 Å². The van der Waals surface area contributed by atoms with Crippen LogP contribution < -0.4 is 10.5 Å². The first-order valence-electron chi connectivity index (χ1n) is 7.84. The lowest BCUT2D eigenvalue weighted by atomic mass is 9.93. The van der Waals surface area contributed by atoms with E-state index in [2.05, 4.69) is 0 Å². The molecule has 0 aromatic heterocycles. The zero-order valence-corrected chi connectivity index (χ0v) is 17.1. The molecule has 1 atom stereocenters. The van der Waals surface area contributed by atoms with Gasteiger partial charge >= 0.3 is 0 Å². The summed E-state index contributed by atoms with van der Waals surface area (Å²) in [6.07, 6.45) is 0. The van der Waals surface area contributed by atoms with Gasteiger partial charge < -0.3 is 15.4 Å². The van der Waals surface area contributed by atoms with E-state index in [9.17, 15) is 13.2 Å². The number of benzene rings is 1. The van der Waals surface area contributed by atoms with Gasteiger partial charge in [0.1, 0.15) is 5.75 Å². The van der Waals surface area contributed by atoms with Crippen LogP contribution in [0.4, 0.5) is 0 Å². The number of sulfone groups is 1. The van der Waals surface area contributed by atoms with Gasteiger partial charge in [-0.2, -0.15) is 0 Å². The van der Waals surface area contributed by atoms with Crippen LogP contribution in [0.1, 0.15) is 20.8 Å². The van der Waals surface area contributed by atoms with Gasteiger partial charge in [0.25, 0.3) is 0 Å². The summed E-state index contributed by atoms with van der Waals surface area (Å²) < 4.78 is 30.0. The quantitative estimate of drug-likeness (QED) is 0.730. The first-order chi connectivity index (χ1) is 11.0. The predicted octanol–water partition coefficient (Wildman–Crippen LogP) is 1.97. The van der Waals surface area contributed by atoms with Gasteiger partial charge in [-0.05, 0) is 36.2 Å². The van der Waals surface area contributed by atoms with Crippen LogP contribution >= 0.6 is 12.4 Å². The smallest absolute Gasteiger partial charge is 0.226 e. The number of rotatable bonds is 8. The van der Waals surface area contributed by atoms with Crippen molar-refractivity contribution in [2.24, 2.45) is 17.1 Å². The zero-order valence-electron chi connectivity index (χ0n) is 15.5. The number of hydrogen-bond donors (Lipinski definition) is 1. The van der Waals surface area contributed by atoms with Crippen LogP contribution in [-0.2, 0) is 14.6 Å². The molecule has 1 unspecified atom stereocenters. The number of nitrogens with two attached hydrogens (primary N) is 1. The van der Waals surface area contributed by atoms with Gasteiger partial charge in [0.2, 0.25) is 5.91 Å². The van der Waals surface area contributed by atoms with E-state index in [1.807, 2.05) is 13.8 Å². The summed E-state index contributed by atoms with van der Waals surface area (Å²) in [5.41, 5.74) is 5.48. The molecule has 0 bridgehead atoms. The number of nitrogens with zero attached hydrogens (tertiary/aromatic N) is 1. The largest absolute Gasteiger partial charge is 0.497 e. The molecule has 1 amide bonds. The predicted molar refractivity (Wildman–Crippen MR) is 102 cm³/mol. The van der Waals surface area contributed by atoms with Crippen LogP contribution in [0.2, 0.25) is 0 Å². The second-order valence-corrected chi connectivity index (χ2v) is 8.95. The minimum atomic E-state index is -3.54. The summed E-state index contributed by atoms with van der Waals surface area (Å²) in [5, 5.41) is 0. The molecule has 0 spiro atoms. The van der Waals surface area contributed by atoms with E-state index in [4.69, 9.17) is 10.5 Å². The van der Waals surface area contributed by atoms with Crippen molar-refractivity contribution in [3.05, 3.63) is 24.3 Å². The maximum atomic E-state index is 12.5. The number of halogens is 1. The lowest BCUT2D eigenvalue weighted by Crippen LogP contribution is -2.42. The highest BCUT2D eigenvalue weighted by molar-refractivity contribution is 7.91. The van der Waals surface area contributed by atoms with Crippen molar-refractivity contribution in [3.63, 3.8) is 0 Å². The van der Waals surface area contributed by atoms with Crippen LogP contribution in [0.15, 0.2) is 29.2 Å². The number of methoxy groups -OCH3 is 1. The third kappa shape index (κ3) is 6.84. The number of hydrogen-bond acceptors (Lipinski definition) is 5. The highest BCUT2D eigenvalue weighted by Gasteiger charge is 2.28. The van der Waals surface area contributed by atoms with Crippen molar-refractivity contribution >= 4 is 28.2 Å². The Morgan fingerprint density at radius 2 is 1.80 bits per heavy atom. The Labute approximate surface area is 157 Å². The van der Waals surface area contributed by atoms with Crippen molar-refractivity contribution in [1.29, 1.82) is 0 Å². The molecule has 0 aliphatic carbocycles. The number of amides is 1. The van der Waals surface area contributed by atoms with Gasteiger partial charge in [0.05, 0.1) is 17.8 Å². The molecule has 0 fully saturated rings. The molecule has 0 saturated carbocycles. The van der Waals surface area contributed by atoms with Crippen LogP contribution in [-0.4, -0.2) is 52.2 Å². The standard InChI is InChI=1S/C17H28N2O4S.ClH/c1-13(16(20)19(4)12-17(2,3)11-18)10-24(21,22)15-8-6-14(23-5)7-9-15;/h6-9,13H,10-12,18H2,1-5H3;1H. The van der Waals surface area contributed by atoms with E-state index in [0.717, 1.165) is 0 Å². The van der Waals surface area contributed by atoms with Crippen LogP contribution in [0.25, 0.3) is 0 Å². The van der Waals surface area contributed by atoms with Crippen molar-refractivity contribution in [3.8, 4) is 5.75 Å². The normalized spacial score (nSPS) is 12.9. The number of carbonyl (C=O) groups excluding carboxylic acids is 1. The van der Waals surface area contributed by atoms with E-state index >= 15 is 0 Å². The van der Waals surface area contributed by atoms with Crippen molar-refractivity contribution < 1.29 is 17.9 Å². The van der Waals surface area contributed by atoms with Crippen molar-refractivity contribution in [2.45, 2.75) is 25.7 Å². The second-order valence-electron chi connectivity index (χ2n) is 6.92. The van der Waals surface area contributed by atoms with Crippen molar-refractivity contribution in [2.75, 3.05) is 33.0 Å². The molecular formula is C17H29ClN2O4S. The summed E-state index contributed by atoms with van der Waals surface area (Å²) >= 11 is 0. The molecule has 0 heterocycles. The highest BCUT2D eigenvalue weighted by Crippen LogP contribution is 2.20. The first kappa shape index (κ1) is 23.7. The summed E-state index contributed by atoms with van der Waals surface area (Å²) in [5.74, 6) is -0.475. The van der Waals surface area contributed by atoms with Crippen molar-refractivity contribution in [1.82, 2.24) is 4.90 Å². The van der Waals surface area contributed by atoms with E-state index in [1.165, 1.54) is 19.2 Å². The molecule has 6 nitrogen and oxygen atoms in total. The van der Waals surface area contributed by atoms with Gasteiger partial charge in [-0.25, -0.2) is 8.42 Å². The zero-order chi connectivity index (χ0) is 18.5. The van der Waals surface area contributed by atoms with Crippen LogP contribution in [0.3, 0.4) is 0 Å². The minimum Gasteiger partial charge on any atom is -0.497 e. The van der Waals surface area contributed by atoms with Crippen LogP contribution in [0.5, 0.6) is 5.75 Å². The number of carbonyl (C=O) groups is 1. The highest BCUT2D eigenvalue weighted by atomic mass is 35.5. The molecule has 0 saturated heterocycles. The SMILES string of the molecule is COc1ccc(S(=O)(=O)CC(C)C(=O)N(C)CC(C)(C)CN)cc1.Cl. The first-order valence-corrected chi connectivity index (χ1v) is 9.49. The van der Waals surface area contributed by atoms with Gasteiger partial charge in [-0.3, -0.25) is 4.79 Å². The van der Waals surface area contributed by atoms with Gasteiger partial charge in [0, 0.05) is 19.5 Å². The van der Waals surface area contributed by atoms with E-state index < -0.39 is 15.8 Å². The number of ether oxygens (including phenoxy) is 1. The third-order valence-corrected chi connectivity index (χ3v) is 5.83. The molecular weight excluding hydrogens is 364 g/mol. The lowest BCUT2D eigenvalue weighted by molar-refractivity contribution is -0.134. The summed E-state index contributed by atoms with van der Waals surface area (Å²) in [6, 6.07) is 6.17. The lowest BCUT2D eigenvalue weighted by Gasteiger charge is -2.30. The molecule has 1 rings (SSSR count). The summed E-state index contributed by atoms with van der Waals surface area (Å²) in [6.45, 7) is 6.50. The van der Waals surface area contributed by atoms with Gasteiger partial charge in [-0.1, -0.05) is 20.8 Å². The summed E-state index contributed by atoms with van der Waals surface area (Å²) in [4.78, 5) is 14.2. The average molecular weight is 393 g/mol. The van der Waals surface area contributed by atoms with E-state index in [-0.39, 0.29) is 34.4 Å². The molecule has 1 aromatic rings. The molecule has 0 aliphatic rings. The molecule has 1 aromatic carbocycles. The molecule has 0 radical (unpaired) electrons. The molecule has 8 heteroatoms. The Morgan fingerprint density at radius 3 is 2.24 bits per heavy atom. The fraction of sp³-hybridized carbons (Fsp3) is 0.588. The van der Waals surface area contributed by atoms with E-state index in [1.54, 1.807) is 31.0 Å². The van der Waals surface area contributed by atoms with E-state index in [0.29, 0.717) is 18.8 Å². The van der Waals surface area contributed by atoms with Gasteiger partial charge in [-0.15, -0.1) is 12.4 Å². The average Bonchev–Trinajstić information content (AvgIpc) is 2.53.